The minimum atomic E-state index is -1.08. The molecule has 180 valence electrons. The minimum Gasteiger partial charge on any atom is -0.462 e. The molecule has 0 radical (unpaired) electrons. The summed E-state index contributed by atoms with van der Waals surface area (Å²) in [6.45, 7) is 1.94. The smallest absolute Gasteiger partial charge is 0.338 e. The Balaban J connectivity index is 1.57. The average molecular weight is 516 g/mol. The lowest BCUT2D eigenvalue weighted by Crippen LogP contribution is -2.36. The third-order valence-electron chi connectivity index (χ3n) is 5.12. The number of nitrogens with zero attached hydrogens (tertiary/aromatic N) is 1. The third-order valence-corrected chi connectivity index (χ3v) is 5.66. The van der Waals surface area contributed by atoms with E-state index in [-0.39, 0.29) is 30.4 Å². The number of carbonyl (C=O) groups is 3. The quantitative estimate of drug-likeness (QED) is 0.362. The molecule has 4 rings (SSSR count). The van der Waals surface area contributed by atoms with Gasteiger partial charge in [-0.3, -0.25) is 19.4 Å². The molecule has 10 nitrogen and oxygen atoms in total. The first-order valence-electron chi connectivity index (χ1n) is 10.5. The number of fused-ring (bicyclic) bond motifs is 1. The van der Waals surface area contributed by atoms with Gasteiger partial charge in [0.25, 0.3) is 5.56 Å². The van der Waals surface area contributed by atoms with Crippen LogP contribution >= 0.6 is 23.2 Å². The van der Waals surface area contributed by atoms with Crippen molar-refractivity contribution in [2.24, 2.45) is 0 Å². The Hall–Kier alpha value is -3.89. The molecule has 3 aromatic rings. The van der Waals surface area contributed by atoms with Crippen LogP contribution in [0.4, 0.5) is 23.1 Å². The number of aromatic nitrogens is 2. The summed E-state index contributed by atoms with van der Waals surface area (Å²) in [7, 11) is 0. The van der Waals surface area contributed by atoms with Gasteiger partial charge in [-0.1, -0.05) is 23.2 Å². The number of H-pyrrole nitrogens is 1. The van der Waals surface area contributed by atoms with Gasteiger partial charge in [-0.2, -0.15) is 4.98 Å². The van der Waals surface area contributed by atoms with Crippen molar-refractivity contribution in [2.75, 3.05) is 22.6 Å². The summed E-state index contributed by atoms with van der Waals surface area (Å²) in [6.07, 6.45) is -0.236. The molecule has 4 N–H and O–H groups in total. The number of anilines is 4. The monoisotopic (exact) mass is 515 g/mol. The van der Waals surface area contributed by atoms with Crippen molar-refractivity contribution in [3.63, 3.8) is 0 Å². The van der Waals surface area contributed by atoms with Crippen LogP contribution in [0.3, 0.4) is 0 Å². The zero-order valence-electron chi connectivity index (χ0n) is 18.3. The lowest BCUT2D eigenvalue weighted by molar-refractivity contribution is -0.123. The Kier molecular flexibility index (Phi) is 7.04. The fraction of sp³-hybridized carbons (Fsp3) is 0.174. The summed E-state index contributed by atoms with van der Waals surface area (Å²) in [5.74, 6) is -2.61. The Bertz CT molecular complexity index is 1370. The zero-order chi connectivity index (χ0) is 25.1. The van der Waals surface area contributed by atoms with E-state index >= 15 is 0 Å². The molecule has 1 atom stereocenters. The highest BCUT2D eigenvalue weighted by atomic mass is 35.5. The summed E-state index contributed by atoms with van der Waals surface area (Å²) in [4.78, 5) is 56.8. The lowest BCUT2D eigenvalue weighted by atomic mass is 9.92. The Morgan fingerprint density at radius 2 is 1.89 bits per heavy atom. The number of rotatable bonds is 6. The van der Waals surface area contributed by atoms with E-state index in [0.717, 1.165) is 0 Å². The first-order valence-corrected chi connectivity index (χ1v) is 11.2. The van der Waals surface area contributed by atoms with Gasteiger partial charge in [0.2, 0.25) is 17.8 Å². The van der Waals surface area contributed by atoms with E-state index in [0.29, 0.717) is 27.0 Å². The molecule has 0 saturated carbocycles. The van der Waals surface area contributed by atoms with Gasteiger partial charge in [0, 0.05) is 17.1 Å². The average Bonchev–Trinajstić information content (AvgIpc) is 2.80. The second-order valence-corrected chi connectivity index (χ2v) is 8.36. The van der Waals surface area contributed by atoms with E-state index in [1.54, 1.807) is 19.1 Å². The Morgan fingerprint density at radius 3 is 2.57 bits per heavy atom. The molecule has 1 aromatic heterocycles. The summed E-state index contributed by atoms with van der Waals surface area (Å²) in [6, 6.07) is 10.8. The second-order valence-electron chi connectivity index (χ2n) is 7.52. The van der Waals surface area contributed by atoms with Crippen molar-refractivity contribution >= 4 is 64.1 Å². The van der Waals surface area contributed by atoms with Crippen molar-refractivity contribution in [2.45, 2.75) is 19.3 Å². The number of nitrogens with one attached hydrogen (secondary N) is 4. The minimum absolute atomic E-state index is 0.0221. The lowest BCUT2D eigenvalue weighted by Gasteiger charge is -2.23. The number of amides is 2. The molecule has 0 saturated heterocycles. The van der Waals surface area contributed by atoms with Gasteiger partial charge in [0.05, 0.1) is 34.4 Å². The first kappa shape index (κ1) is 24.2. The van der Waals surface area contributed by atoms with Crippen molar-refractivity contribution in [1.29, 1.82) is 0 Å². The van der Waals surface area contributed by atoms with Gasteiger partial charge in [0.1, 0.15) is 5.82 Å². The number of hydrogen-bond donors (Lipinski definition) is 4. The summed E-state index contributed by atoms with van der Waals surface area (Å²) < 4.78 is 4.93. The Labute approximate surface area is 209 Å². The van der Waals surface area contributed by atoms with Crippen LogP contribution in [-0.2, 0) is 14.3 Å². The summed E-state index contributed by atoms with van der Waals surface area (Å²) >= 11 is 12.1. The molecule has 0 spiro atoms. The van der Waals surface area contributed by atoms with Crippen molar-refractivity contribution in [3.05, 3.63) is 74.0 Å². The maximum atomic E-state index is 13.0. The van der Waals surface area contributed by atoms with E-state index in [4.69, 9.17) is 27.9 Å². The molecule has 0 bridgehead atoms. The highest BCUT2D eigenvalue weighted by Crippen LogP contribution is 2.31. The molecule has 1 aliphatic heterocycles. The normalized spacial score (nSPS) is 14.5. The summed E-state index contributed by atoms with van der Waals surface area (Å²) in [5.41, 5.74) is 0.574. The van der Waals surface area contributed by atoms with Crippen LogP contribution in [0.15, 0.2) is 47.3 Å². The SMILES string of the molecule is CCOC(=O)c1ccc(NC(=O)C2CC(=O)Nc3nc(Nc4ccc(Cl)cc4Cl)[nH]c(=O)c32)cc1. The fourth-order valence-electron chi connectivity index (χ4n) is 3.51. The number of benzene rings is 2. The number of aromatic amines is 1. The number of carbonyl (C=O) groups excluding carboxylic acids is 3. The zero-order valence-corrected chi connectivity index (χ0v) is 19.8. The van der Waals surface area contributed by atoms with Gasteiger partial charge in [0.15, 0.2) is 0 Å². The molecule has 1 unspecified atom stereocenters. The molecule has 0 fully saturated rings. The predicted molar refractivity (Wildman–Crippen MR) is 132 cm³/mol. The van der Waals surface area contributed by atoms with Gasteiger partial charge in [-0.15, -0.1) is 0 Å². The number of halogens is 2. The maximum Gasteiger partial charge on any atom is 0.338 e. The molecule has 0 aliphatic carbocycles. The topological polar surface area (TPSA) is 142 Å². The molecule has 2 heterocycles. The van der Waals surface area contributed by atoms with Gasteiger partial charge in [-0.25, -0.2) is 4.79 Å². The number of hydrogen-bond acceptors (Lipinski definition) is 7. The van der Waals surface area contributed by atoms with Crippen LogP contribution in [-0.4, -0.2) is 34.4 Å². The molecule has 1 aliphatic rings. The molecular formula is C23H19Cl2N5O5. The standard InChI is InChI=1S/C23H19Cl2N5O5/c1-2-35-22(34)11-3-6-13(7-4-11)26-20(32)14-10-17(31)28-19-18(14)21(33)30-23(29-19)27-16-8-5-12(24)9-15(16)25/h3-9,14H,2,10H2,1H3,(H,26,32)(H3,27,28,29,30,31,33). The van der Waals surface area contributed by atoms with Crippen LogP contribution in [0.25, 0.3) is 0 Å². The molecular weight excluding hydrogens is 497 g/mol. The highest BCUT2D eigenvalue weighted by molar-refractivity contribution is 6.36. The van der Waals surface area contributed by atoms with E-state index < -0.39 is 29.3 Å². The van der Waals surface area contributed by atoms with Crippen molar-refractivity contribution in [1.82, 2.24) is 9.97 Å². The third kappa shape index (κ3) is 5.44. The van der Waals surface area contributed by atoms with Gasteiger partial charge in [-0.05, 0) is 49.4 Å². The Morgan fingerprint density at radius 1 is 1.14 bits per heavy atom. The van der Waals surface area contributed by atoms with Crippen molar-refractivity contribution in [3.8, 4) is 0 Å². The van der Waals surface area contributed by atoms with E-state index in [9.17, 15) is 19.2 Å². The predicted octanol–water partition coefficient (Wildman–Crippen LogP) is 4.06. The summed E-state index contributed by atoms with van der Waals surface area (Å²) in [5, 5.41) is 8.80. The van der Waals surface area contributed by atoms with Crippen molar-refractivity contribution < 1.29 is 19.1 Å². The first-order chi connectivity index (χ1) is 16.7. The molecule has 12 heteroatoms. The van der Waals surface area contributed by atoms with Crippen LogP contribution in [0.5, 0.6) is 0 Å². The second kappa shape index (κ2) is 10.2. The van der Waals surface area contributed by atoms with E-state index in [1.165, 1.54) is 30.3 Å². The van der Waals surface area contributed by atoms with E-state index in [1.807, 2.05) is 0 Å². The fourth-order valence-corrected chi connectivity index (χ4v) is 3.96. The molecule has 2 aromatic carbocycles. The van der Waals surface area contributed by atoms with E-state index in [2.05, 4.69) is 25.9 Å². The number of ether oxygens (including phenoxy) is 1. The van der Waals surface area contributed by atoms with Crippen LogP contribution in [0.2, 0.25) is 10.0 Å². The maximum absolute atomic E-state index is 13.0. The molecule has 35 heavy (non-hydrogen) atoms. The van der Waals surface area contributed by atoms with Crippen LogP contribution in [0, 0.1) is 0 Å². The highest BCUT2D eigenvalue weighted by Gasteiger charge is 2.35. The van der Waals surface area contributed by atoms with Crippen LogP contribution in [0.1, 0.15) is 35.2 Å². The largest absolute Gasteiger partial charge is 0.462 e. The number of esters is 1. The van der Waals surface area contributed by atoms with Crippen LogP contribution < -0.4 is 21.5 Å². The van der Waals surface area contributed by atoms with Gasteiger partial charge < -0.3 is 20.7 Å². The molecule has 2 amide bonds. The van der Waals surface area contributed by atoms with Gasteiger partial charge >= 0.3 is 5.97 Å².